The minimum atomic E-state index is -5.05. The number of carboxylic acid groups (broad SMARTS) is 1. The van der Waals surface area contributed by atoms with Crippen molar-refractivity contribution < 1.29 is 50.2 Å². The molecule has 2 fully saturated rings. The van der Waals surface area contributed by atoms with Crippen LogP contribution in [-0.4, -0.2) is 64.4 Å². The van der Waals surface area contributed by atoms with Gasteiger partial charge < -0.3 is 19.8 Å². The quantitative estimate of drug-likeness (QED) is 0.327. The molecular weight excluding hydrogens is 623 g/mol. The van der Waals surface area contributed by atoms with Gasteiger partial charge in [0.15, 0.2) is 0 Å². The Labute approximate surface area is 261 Å². The van der Waals surface area contributed by atoms with Gasteiger partial charge in [0, 0.05) is 39.0 Å². The zero-order valence-corrected chi connectivity index (χ0v) is 25.6. The monoisotopic (exact) mass is 659 g/mol. The number of amides is 3. The highest BCUT2D eigenvalue weighted by molar-refractivity contribution is 5.80. The van der Waals surface area contributed by atoms with E-state index in [9.17, 15) is 45.1 Å². The zero-order chi connectivity index (χ0) is 34.1. The average Bonchev–Trinajstić information content (AvgIpc) is 2.98. The van der Waals surface area contributed by atoms with Crippen molar-refractivity contribution in [3.8, 4) is 0 Å². The molecule has 1 heterocycles. The van der Waals surface area contributed by atoms with Gasteiger partial charge >= 0.3 is 24.4 Å². The first-order valence-electron chi connectivity index (χ1n) is 15.0. The summed E-state index contributed by atoms with van der Waals surface area (Å²) in [6, 6.07) is 2.52. The van der Waals surface area contributed by atoms with E-state index in [1.165, 1.54) is 37.1 Å². The van der Waals surface area contributed by atoms with Crippen LogP contribution < -0.4 is 0 Å². The number of aliphatic carboxylic acids is 1. The SMILES string of the molecule is Cc1cc(F)ccc1[C@H]1CN(C(=O)[C@H]2CC[C@H](CC(=O)O)CC2)CCN1C(=O)N(C)[C@H](C)c1cc(C(F)(F)F)cc(C(F)(F)F)c1. The number of carbonyl (C=O) groups excluding carboxylic acids is 2. The maximum absolute atomic E-state index is 14.0. The topological polar surface area (TPSA) is 81.2 Å². The molecule has 14 heteroatoms. The fourth-order valence-electron chi connectivity index (χ4n) is 6.42. The summed E-state index contributed by atoms with van der Waals surface area (Å²) < 4.78 is 95.2. The average molecular weight is 660 g/mol. The van der Waals surface area contributed by atoms with Crippen molar-refractivity contribution in [2.24, 2.45) is 11.8 Å². The van der Waals surface area contributed by atoms with Gasteiger partial charge in [0.05, 0.1) is 23.2 Å². The van der Waals surface area contributed by atoms with E-state index in [0.717, 1.165) is 4.90 Å². The molecule has 1 saturated carbocycles. The smallest absolute Gasteiger partial charge is 0.416 e. The Morgan fingerprint density at radius 2 is 1.52 bits per heavy atom. The van der Waals surface area contributed by atoms with E-state index in [0.29, 0.717) is 48.9 Å². The molecule has 0 aromatic heterocycles. The minimum Gasteiger partial charge on any atom is -0.481 e. The molecule has 46 heavy (non-hydrogen) atoms. The molecule has 0 bridgehead atoms. The summed E-state index contributed by atoms with van der Waals surface area (Å²) in [6.45, 7) is 3.13. The molecule has 252 valence electrons. The third kappa shape index (κ3) is 7.92. The molecule has 0 unspecified atom stereocenters. The van der Waals surface area contributed by atoms with Crippen molar-refractivity contribution in [1.29, 1.82) is 0 Å². The van der Waals surface area contributed by atoms with Crippen molar-refractivity contribution in [1.82, 2.24) is 14.7 Å². The van der Waals surface area contributed by atoms with Gasteiger partial charge in [-0.05, 0) is 92.5 Å². The van der Waals surface area contributed by atoms with Gasteiger partial charge in [0.25, 0.3) is 0 Å². The summed E-state index contributed by atoms with van der Waals surface area (Å²) in [5, 5.41) is 9.09. The lowest BCUT2D eigenvalue weighted by Crippen LogP contribution is -2.56. The number of nitrogens with zero attached hydrogens (tertiary/aromatic N) is 3. The number of halogens is 7. The summed E-state index contributed by atoms with van der Waals surface area (Å²) in [7, 11) is 1.28. The number of hydrogen-bond acceptors (Lipinski definition) is 3. The molecule has 7 nitrogen and oxygen atoms in total. The Kier molecular flexibility index (Phi) is 10.3. The molecule has 0 spiro atoms. The number of alkyl halides is 6. The lowest BCUT2D eigenvalue weighted by atomic mass is 9.80. The second-order valence-electron chi connectivity index (χ2n) is 12.2. The first kappa shape index (κ1) is 35.0. The largest absolute Gasteiger partial charge is 0.481 e. The van der Waals surface area contributed by atoms with E-state index in [2.05, 4.69) is 0 Å². The normalized spacial score (nSPS) is 21.6. The Bertz CT molecular complexity index is 1420. The fraction of sp³-hybridized carbons (Fsp3) is 0.531. The van der Waals surface area contributed by atoms with Gasteiger partial charge in [-0.25, -0.2) is 9.18 Å². The molecule has 1 N–H and O–H groups in total. The molecular formula is C32H36F7N3O4. The maximum atomic E-state index is 14.0. The highest BCUT2D eigenvalue weighted by atomic mass is 19.4. The molecule has 0 radical (unpaired) electrons. The van der Waals surface area contributed by atoms with Crippen LogP contribution in [0.25, 0.3) is 0 Å². The van der Waals surface area contributed by atoms with E-state index in [4.69, 9.17) is 5.11 Å². The predicted octanol–water partition coefficient (Wildman–Crippen LogP) is 7.45. The van der Waals surface area contributed by atoms with E-state index < -0.39 is 53.4 Å². The van der Waals surface area contributed by atoms with Gasteiger partial charge in [0.1, 0.15) is 5.82 Å². The Balaban J connectivity index is 1.59. The molecule has 4 rings (SSSR count). The van der Waals surface area contributed by atoms with Gasteiger partial charge in [-0.1, -0.05) is 6.07 Å². The minimum absolute atomic E-state index is 0.00723. The van der Waals surface area contributed by atoms with Crippen LogP contribution in [0.15, 0.2) is 36.4 Å². The maximum Gasteiger partial charge on any atom is 0.416 e. The summed E-state index contributed by atoms with van der Waals surface area (Å²) in [4.78, 5) is 42.7. The molecule has 1 saturated heterocycles. The van der Waals surface area contributed by atoms with Crippen LogP contribution >= 0.6 is 0 Å². The summed E-state index contributed by atoms with van der Waals surface area (Å²) in [5.74, 6) is -1.88. The van der Waals surface area contributed by atoms with Crippen LogP contribution in [-0.2, 0) is 21.9 Å². The van der Waals surface area contributed by atoms with Gasteiger partial charge in [-0.15, -0.1) is 0 Å². The first-order chi connectivity index (χ1) is 21.4. The first-order valence-corrected chi connectivity index (χ1v) is 15.0. The number of hydrogen-bond donors (Lipinski definition) is 1. The molecule has 1 aliphatic heterocycles. The number of carbonyl (C=O) groups is 3. The molecule has 3 amide bonds. The standard InChI is InChI=1S/C32H36F7N3O4/c1-18-12-25(33)8-9-26(18)27-17-41(29(45)21-6-4-20(5-7-21)13-28(43)44)10-11-42(27)30(46)40(3)19(2)22-14-23(31(34,35)36)16-24(15-22)32(37,38)39/h8-9,12,14-16,19-21,27H,4-7,10-11,13,17H2,1-3H3,(H,43,44)/t19-,20-,21-,27-/m1/s1. The summed E-state index contributed by atoms with van der Waals surface area (Å²) in [6.07, 6.45) is -7.84. The summed E-state index contributed by atoms with van der Waals surface area (Å²) in [5.41, 5.74) is -2.31. The number of piperazine rings is 1. The van der Waals surface area contributed by atoms with E-state index in [1.54, 1.807) is 11.8 Å². The number of rotatable bonds is 6. The van der Waals surface area contributed by atoms with Crippen LogP contribution in [0.3, 0.4) is 0 Å². The Hall–Kier alpha value is -3.84. The van der Waals surface area contributed by atoms with Crippen molar-refractivity contribution in [3.63, 3.8) is 0 Å². The highest BCUT2D eigenvalue weighted by Gasteiger charge is 2.41. The van der Waals surface area contributed by atoms with Gasteiger partial charge in [-0.2, -0.15) is 26.3 Å². The number of carboxylic acids is 1. The number of benzene rings is 2. The van der Waals surface area contributed by atoms with Crippen LogP contribution in [0.1, 0.15) is 78.9 Å². The van der Waals surface area contributed by atoms with Crippen molar-refractivity contribution in [2.75, 3.05) is 26.7 Å². The fourth-order valence-corrected chi connectivity index (χ4v) is 6.42. The van der Waals surface area contributed by atoms with Crippen molar-refractivity contribution >= 4 is 17.9 Å². The lowest BCUT2D eigenvalue weighted by Gasteiger charge is -2.45. The third-order valence-electron chi connectivity index (χ3n) is 9.16. The second kappa shape index (κ2) is 13.5. The summed E-state index contributed by atoms with van der Waals surface area (Å²) >= 11 is 0. The lowest BCUT2D eigenvalue weighted by molar-refractivity contribution is -0.144. The number of aryl methyl sites for hydroxylation is 1. The molecule has 1 aliphatic carbocycles. The molecule has 2 aliphatic rings. The third-order valence-corrected chi connectivity index (χ3v) is 9.16. The van der Waals surface area contributed by atoms with Crippen LogP contribution in [0, 0.1) is 24.6 Å². The van der Waals surface area contributed by atoms with Gasteiger partial charge in [0.2, 0.25) is 5.91 Å². The number of urea groups is 1. The van der Waals surface area contributed by atoms with E-state index in [-0.39, 0.29) is 55.4 Å². The second-order valence-corrected chi connectivity index (χ2v) is 12.2. The molecule has 2 aromatic rings. The van der Waals surface area contributed by atoms with Gasteiger partial charge in [-0.3, -0.25) is 9.59 Å². The Morgan fingerprint density at radius 1 is 0.935 bits per heavy atom. The highest BCUT2D eigenvalue weighted by Crippen LogP contribution is 2.39. The van der Waals surface area contributed by atoms with Crippen LogP contribution in [0.5, 0.6) is 0 Å². The molecule has 2 atom stereocenters. The Morgan fingerprint density at radius 3 is 2.04 bits per heavy atom. The predicted molar refractivity (Wildman–Crippen MR) is 153 cm³/mol. The van der Waals surface area contributed by atoms with Crippen LogP contribution in [0.2, 0.25) is 0 Å². The van der Waals surface area contributed by atoms with Crippen molar-refractivity contribution in [2.45, 2.75) is 70.4 Å². The van der Waals surface area contributed by atoms with Crippen molar-refractivity contribution in [3.05, 3.63) is 70.0 Å². The molecule has 2 aromatic carbocycles. The van der Waals surface area contributed by atoms with E-state index in [1.807, 2.05) is 0 Å². The van der Waals surface area contributed by atoms with E-state index >= 15 is 0 Å². The van der Waals surface area contributed by atoms with Crippen LogP contribution in [0.4, 0.5) is 35.5 Å². The zero-order valence-electron chi connectivity index (χ0n) is 25.6.